The first kappa shape index (κ1) is 19.5. The molecule has 3 aromatic rings. The first-order valence-corrected chi connectivity index (χ1v) is 9.55. The number of rotatable bonds is 6. The van der Waals surface area contributed by atoms with Crippen LogP contribution >= 0.6 is 0 Å². The van der Waals surface area contributed by atoms with Crippen LogP contribution in [0.15, 0.2) is 42.1 Å². The molecule has 0 aliphatic heterocycles. The molecule has 0 fully saturated rings. The molecule has 0 bridgehead atoms. The monoisotopic (exact) mass is 374 g/mol. The van der Waals surface area contributed by atoms with Crippen LogP contribution in [0.1, 0.15) is 42.4 Å². The quantitative estimate of drug-likeness (QED) is 0.495. The van der Waals surface area contributed by atoms with E-state index in [1.807, 2.05) is 50.4 Å². The highest BCUT2D eigenvalue weighted by Gasteiger charge is 2.14. The van der Waals surface area contributed by atoms with Gasteiger partial charge in [-0.05, 0) is 63.5 Å². The second kappa shape index (κ2) is 8.18. The van der Waals surface area contributed by atoms with Crippen LogP contribution in [-0.4, -0.2) is 22.0 Å². The minimum atomic E-state index is -0.336. The van der Waals surface area contributed by atoms with Crippen molar-refractivity contribution in [3.63, 3.8) is 0 Å². The van der Waals surface area contributed by atoms with Crippen molar-refractivity contribution in [3.05, 3.63) is 64.6 Å². The number of amides is 1. The van der Waals surface area contributed by atoms with E-state index in [4.69, 9.17) is 0 Å². The molecule has 0 spiro atoms. The molecule has 0 saturated heterocycles. The number of aromatic amines is 1. The van der Waals surface area contributed by atoms with Gasteiger partial charge in [0.2, 0.25) is 0 Å². The molecule has 0 aliphatic carbocycles. The highest BCUT2D eigenvalue weighted by atomic mass is 16.1. The molecule has 28 heavy (non-hydrogen) atoms. The van der Waals surface area contributed by atoms with E-state index in [1.165, 1.54) is 0 Å². The van der Waals surface area contributed by atoms with Crippen molar-refractivity contribution in [1.82, 2.24) is 14.9 Å². The number of aryl methyl sites for hydroxylation is 1. The van der Waals surface area contributed by atoms with Crippen LogP contribution < -0.4 is 5.32 Å². The summed E-state index contributed by atoms with van der Waals surface area (Å²) in [4.78, 5) is 15.7. The Labute approximate surface area is 165 Å². The lowest BCUT2D eigenvalue weighted by molar-refractivity contribution is -0.117. The van der Waals surface area contributed by atoms with Gasteiger partial charge in [-0.25, -0.2) is 0 Å². The lowest BCUT2D eigenvalue weighted by Crippen LogP contribution is -2.26. The molecular weight excluding hydrogens is 348 g/mol. The Morgan fingerprint density at radius 3 is 2.75 bits per heavy atom. The maximum Gasteiger partial charge on any atom is 0.261 e. The first-order valence-electron chi connectivity index (χ1n) is 9.55. The lowest BCUT2D eigenvalue weighted by Gasteiger charge is -2.13. The van der Waals surface area contributed by atoms with Crippen molar-refractivity contribution in [1.29, 1.82) is 5.26 Å². The fraction of sp³-hybridized carbons (Fsp3) is 0.304. The first-order chi connectivity index (χ1) is 13.4. The number of carbonyl (C=O) groups excluding carboxylic acids is 1. The van der Waals surface area contributed by atoms with Crippen molar-refractivity contribution in [2.75, 3.05) is 6.54 Å². The molecule has 2 N–H and O–H groups in total. The highest BCUT2D eigenvalue weighted by Crippen LogP contribution is 2.22. The summed E-state index contributed by atoms with van der Waals surface area (Å²) in [6.45, 7) is 8.78. The summed E-state index contributed by atoms with van der Waals surface area (Å²) in [5.41, 5.74) is 5.46. The van der Waals surface area contributed by atoms with Gasteiger partial charge in [0.05, 0.1) is 0 Å². The van der Waals surface area contributed by atoms with E-state index in [2.05, 4.69) is 34.8 Å². The van der Waals surface area contributed by atoms with Gasteiger partial charge >= 0.3 is 0 Å². The molecule has 5 heteroatoms. The summed E-state index contributed by atoms with van der Waals surface area (Å²) >= 11 is 0. The summed E-state index contributed by atoms with van der Waals surface area (Å²) in [7, 11) is 0. The number of hydrogen-bond acceptors (Lipinski definition) is 2. The zero-order valence-electron chi connectivity index (χ0n) is 16.8. The van der Waals surface area contributed by atoms with E-state index in [-0.39, 0.29) is 11.5 Å². The molecule has 1 aromatic carbocycles. The summed E-state index contributed by atoms with van der Waals surface area (Å²) in [6, 6.07) is 12.5. The Morgan fingerprint density at radius 2 is 2.07 bits per heavy atom. The second-order valence-corrected chi connectivity index (χ2v) is 7.33. The SMILES string of the molecule is Cc1cc(/C=C(\C#N)C(=O)NCCc2c[nH]c3ccccc23)c(C)n1C(C)C. The van der Waals surface area contributed by atoms with Gasteiger partial charge < -0.3 is 14.9 Å². The van der Waals surface area contributed by atoms with E-state index in [9.17, 15) is 10.1 Å². The van der Waals surface area contributed by atoms with Crippen molar-refractivity contribution >= 4 is 22.9 Å². The van der Waals surface area contributed by atoms with Crippen LogP contribution in [-0.2, 0) is 11.2 Å². The molecule has 1 amide bonds. The zero-order chi connectivity index (χ0) is 20.3. The largest absolute Gasteiger partial charge is 0.361 e. The van der Waals surface area contributed by atoms with E-state index in [0.29, 0.717) is 19.0 Å². The van der Waals surface area contributed by atoms with Crippen LogP contribution in [0.2, 0.25) is 0 Å². The molecule has 0 aliphatic rings. The molecule has 0 saturated carbocycles. The van der Waals surface area contributed by atoms with Gasteiger partial charge in [-0.3, -0.25) is 4.79 Å². The molecule has 5 nitrogen and oxygen atoms in total. The van der Waals surface area contributed by atoms with Gasteiger partial charge in [-0.1, -0.05) is 18.2 Å². The standard InChI is InChI=1S/C23H26N4O/c1-15(2)27-16(3)11-19(17(27)4)12-20(13-24)23(28)25-10-9-18-14-26-22-8-6-5-7-21(18)22/h5-8,11-12,14-15,26H,9-10H2,1-4H3,(H,25,28)/b20-12+. The van der Waals surface area contributed by atoms with E-state index < -0.39 is 0 Å². The Bertz CT molecular complexity index is 1080. The number of aromatic nitrogens is 2. The Kier molecular flexibility index (Phi) is 5.70. The minimum absolute atomic E-state index is 0.128. The maximum absolute atomic E-state index is 12.5. The average Bonchev–Trinajstić information content (AvgIpc) is 3.20. The molecule has 0 radical (unpaired) electrons. The topological polar surface area (TPSA) is 73.6 Å². The predicted octanol–water partition coefficient (Wildman–Crippen LogP) is 4.43. The number of hydrogen-bond donors (Lipinski definition) is 2. The fourth-order valence-electron chi connectivity index (χ4n) is 3.79. The maximum atomic E-state index is 12.5. The van der Waals surface area contributed by atoms with Crippen LogP contribution in [0.5, 0.6) is 0 Å². The van der Waals surface area contributed by atoms with Crippen LogP contribution in [0.3, 0.4) is 0 Å². The summed E-state index contributed by atoms with van der Waals surface area (Å²) in [6.07, 6.45) is 4.36. The van der Waals surface area contributed by atoms with E-state index in [1.54, 1.807) is 6.08 Å². The van der Waals surface area contributed by atoms with Crippen LogP contribution in [0, 0.1) is 25.2 Å². The molecule has 144 valence electrons. The van der Waals surface area contributed by atoms with Crippen molar-refractivity contribution in [2.24, 2.45) is 0 Å². The summed E-state index contributed by atoms with van der Waals surface area (Å²) in [5.74, 6) is -0.336. The van der Waals surface area contributed by atoms with Crippen molar-refractivity contribution < 1.29 is 4.79 Å². The van der Waals surface area contributed by atoms with Gasteiger partial charge in [0.1, 0.15) is 11.6 Å². The van der Waals surface area contributed by atoms with Gasteiger partial charge in [0.25, 0.3) is 5.91 Å². The third-order valence-corrected chi connectivity index (χ3v) is 5.06. The zero-order valence-corrected chi connectivity index (χ0v) is 16.8. The Balaban J connectivity index is 1.70. The molecule has 3 rings (SSSR count). The fourth-order valence-corrected chi connectivity index (χ4v) is 3.79. The summed E-state index contributed by atoms with van der Waals surface area (Å²) < 4.78 is 2.20. The number of nitriles is 1. The third kappa shape index (κ3) is 3.86. The van der Waals surface area contributed by atoms with Gasteiger partial charge in [0.15, 0.2) is 0 Å². The highest BCUT2D eigenvalue weighted by molar-refractivity contribution is 6.01. The van der Waals surface area contributed by atoms with E-state index >= 15 is 0 Å². The lowest BCUT2D eigenvalue weighted by atomic mass is 10.1. The van der Waals surface area contributed by atoms with Crippen LogP contribution in [0.4, 0.5) is 0 Å². The minimum Gasteiger partial charge on any atom is -0.361 e. The van der Waals surface area contributed by atoms with Gasteiger partial charge in [-0.15, -0.1) is 0 Å². The molecular formula is C23H26N4O. The number of fused-ring (bicyclic) bond motifs is 1. The smallest absolute Gasteiger partial charge is 0.261 e. The van der Waals surface area contributed by atoms with Gasteiger partial charge in [0, 0.05) is 41.1 Å². The average molecular weight is 374 g/mol. The number of nitrogens with one attached hydrogen (secondary N) is 2. The van der Waals surface area contributed by atoms with E-state index in [0.717, 1.165) is 33.4 Å². The normalized spacial score (nSPS) is 11.8. The summed E-state index contributed by atoms with van der Waals surface area (Å²) in [5, 5.41) is 13.5. The molecule has 0 atom stereocenters. The Morgan fingerprint density at radius 1 is 1.32 bits per heavy atom. The molecule has 2 heterocycles. The Hall–Kier alpha value is -3.26. The van der Waals surface area contributed by atoms with Crippen molar-refractivity contribution in [3.8, 4) is 6.07 Å². The number of benzene rings is 1. The second-order valence-electron chi connectivity index (χ2n) is 7.33. The van der Waals surface area contributed by atoms with Crippen LogP contribution in [0.25, 0.3) is 17.0 Å². The predicted molar refractivity (Wildman–Crippen MR) is 113 cm³/mol. The number of nitrogens with zero attached hydrogens (tertiary/aromatic N) is 2. The van der Waals surface area contributed by atoms with Crippen molar-refractivity contribution in [2.45, 2.75) is 40.2 Å². The molecule has 2 aromatic heterocycles. The number of carbonyl (C=O) groups is 1. The third-order valence-electron chi connectivity index (χ3n) is 5.06. The number of H-pyrrole nitrogens is 1. The molecule has 0 unspecified atom stereocenters. The van der Waals surface area contributed by atoms with Gasteiger partial charge in [-0.2, -0.15) is 5.26 Å². The number of para-hydroxylation sites is 1.